The molecule has 12 heteroatoms. The summed E-state index contributed by atoms with van der Waals surface area (Å²) in [6, 6.07) is 5.16. The summed E-state index contributed by atoms with van der Waals surface area (Å²) >= 11 is 0. The Morgan fingerprint density at radius 3 is 2.35 bits per heavy atom. The fourth-order valence-electron chi connectivity index (χ4n) is 3.18. The molecule has 0 aliphatic rings. The second-order valence-corrected chi connectivity index (χ2v) is 6.73. The minimum absolute atomic E-state index is 0.00289. The highest BCUT2D eigenvalue weighted by Gasteiger charge is 2.32. The Kier molecular flexibility index (Phi) is 6.48. The monoisotopic (exact) mass is 444 g/mol. The third-order valence-corrected chi connectivity index (χ3v) is 4.48. The van der Waals surface area contributed by atoms with Gasteiger partial charge < -0.3 is 9.84 Å². The number of ether oxygens (including phenoxy) is 1. The lowest BCUT2D eigenvalue weighted by Crippen LogP contribution is -2.42. The number of aromatic nitrogens is 4. The van der Waals surface area contributed by atoms with Gasteiger partial charge in [-0.1, -0.05) is 12.1 Å². The van der Waals surface area contributed by atoms with Crippen molar-refractivity contribution in [3.63, 3.8) is 0 Å². The lowest BCUT2D eigenvalue weighted by Gasteiger charge is -2.14. The van der Waals surface area contributed by atoms with E-state index in [-0.39, 0.29) is 44.3 Å². The minimum atomic E-state index is -4.75. The Hall–Kier alpha value is -3.15. The van der Waals surface area contributed by atoms with Gasteiger partial charge in [-0.3, -0.25) is 18.5 Å². The van der Waals surface area contributed by atoms with Crippen molar-refractivity contribution < 1.29 is 27.4 Å². The smallest absolute Gasteiger partial charge is 0.406 e. The molecule has 0 aliphatic heterocycles. The Bertz CT molecular complexity index is 1180. The van der Waals surface area contributed by atoms with Crippen molar-refractivity contribution in [1.82, 2.24) is 18.7 Å². The molecule has 2 aromatic heterocycles. The van der Waals surface area contributed by atoms with E-state index in [1.165, 1.54) is 28.8 Å². The molecule has 3 rings (SSSR count). The van der Waals surface area contributed by atoms with Crippen molar-refractivity contribution >= 4 is 11.2 Å². The summed E-state index contributed by atoms with van der Waals surface area (Å²) < 4.78 is 60.5. The number of alkyl halides is 3. The molecule has 31 heavy (non-hydrogen) atoms. The van der Waals surface area contributed by atoms with Crippen LogP contribution in [0.25, 0.3) is 11.2 Å². The van der Waals surface area contributed by atoms with Gasteiger partial charge in [0, 0.05) is 13.2 Å². The summed E-state index contributed by atoms with van der Waals surface area (Å²) in [7, 11) is 0. The van der Waals surface area contributed by atoms with Gasteiger partial charge in [-0.15, -0.1) is 0 Å². The molecule has 3 aromatic rings. The molecular weight excluding hydrogens is 424 g/mol. The number of halogens is 4. The summed E-state index contributed by atoms with van der Waals surface area (Å²) in [5, 5.41) is 9.05. The maximum atomic E-state index is 13.2. The van der Waals surface area contributed by atoms with Gasteiger partial charge in [0.05, 0.1) is 13.2 Å². The van der Waals surface area contributed by atoms with Crippen LogP contribution in [0.4, 0.5) is 17.6 Å². The van der Waals surface area contributed by atoms with Crippen LogP contribution in [0.5, 0.6) is 6.01 Å². The third-order valence-electron chi connectivity index (χ3n) is 4.48. The number of hydrogen-bond donors (Lipinski definition) is 1. The minimum Gasteiger partial charge on any atom is -0.465 e. The number of benzene rings is 1. The molecule has 0 fully saturated rings. The normalized spacial score (nSPS) is 11.9. The van der Waals surface area contributed by atoms with Crippen LogP contribution in [0.3, 0.4) is 0 Å². The zero-order chi connectivity index (χ0) is 22.8. The summed E-state index contributed by atoms with van der Waals surface area (Å²) in [5.41, 5.74) is -2.21. The van der Waals surface area contributed by atoms with Crippen molar-refractivity contribution in [3.05, 3.63) is 56.5 Å². The molecule has 0 saturated carbocycles. The largest absolute Gasteiger partial charge is 0.465 e. The summed E-state index contributed by atoms with van der Waals surface area (Å²) in [5.74, 6) is -0.477. The topological polar surface area (TPSA) is 91.3 Å². The Labute approximate surface area is 172 Å². The SMILES string of the molecule is CCOc1nc2c(c(=O)n(CCCO)c(=O)n2CC(F)(F)F)n1Cc1ccc(F)cc1. The maximum absolute atomic E-state index is 13.2. The fourth-order valence-corrected chi connectivity index (χ4v) is 3.18. The number of rotatable bonds is 8. The van der Waals surface area contributed by atoms with E-state index >= 15 is 0 Å². The molecule has 2 heterocycles. The number of hydrogen-bond acceptors (Lipinski definition) is 5. The van der Waals surface area contributed by atoms with Crippen molar-refractivity contribution in [1.29, 1.82) is 0 Å². The van der Waals surface area contributed by atoms with Crippen LogP contribution < -0.4 is 16.0 Å². The van der Waals surface area contributed by atoms with E-state index in [0.717, 1.165) is 0 Å². The maximum Gasteiger partial charge on any atom is 0.406 e. The molecule has 0 atom stereocenters. The van der Waals surface area contributed by atoms with E-state index in [9.17, 15) is 27.2 Å². The Morgan fingerprint density at radius 2 is 1.77 bits per heavy atom. The van der Waals surface area contributed by atoms with Gasteiger partial charge in [0.25, 0.3) is 11.6 Å². The molecule has 168 valence electrons. The second kappa shape index (κ2) is 8.92. The molecule has 0 amide bonds. The molecule has 0 saturated heterocycles. The lowest BCUT2D eigenvalue weighted by molar-refractivity contribution is -0.140. The molecule has 0 unspecified atom stereocenters. The first kappa shape index (κ1) is 22.5. The van der Waals surface area contributed by atoms with Gasteiger partial charge in [0.1, 0.15) is 12.4 Å². The van der Waals surface area contributed by atoms with Gasteiger partial charge in [-0.2, -0.15) is 18.2 Å². The predicted molar refractivity (Wildman–Crippen MR) is 103 cm³/mol. The Balaban J connectivity index is 2.31. The van der Waals surface area contributed by atoms with Gasteiger partial charge in [-0.05, 0) is 31.0 Å². The first-order valence-corrected chi connectivity index (χ1v) is 9.45. The zero-order valence-corrected chi connectivity index (χ0v) is 16.5. The molecule has 0 bridgehead atoms. The zero-order valence-electron chi connectivity index (χ0n) is 16.5. The Morgan fingerprint density at radius 1 is 1.10 bits per heavy atom. The molecule has 0 aliphatic carbocycles. The van der Waals surface area contributed by atoms with E-state index in [1.807, 2.05) is 0 Å². The first-order chi connectivity index (χ1) is 14.7. The lowest BCUT2D eigenvalue weighted by atomic mass is 10.2. The van der Waals surface area contributed by atoms with Crippen LogP contribution >= 0.6 is 0 Å². The highest BCUT2D eigenvalue weighted by atomic mass is 19.4. The first-order valence-electron chi connectivity index (χ1n) is 9.45. The van der Waals surface area contributed by atoms with Gasteiger partial charge >= 0.3 is 11.9 Å². The summed E-state index contributed by atoms with van der Waals surface area (Å²) in [4.78, 5) is 29.8. The quantitative estimate of drug-likeness (QED) is 0.536. The average molecular weight is 444 g/mol. The summed E-state index contributed by atoms with van der Waals surface area (Å²) in [6.07, 6.45) is -4.75. The summed E-state index contributed by atoms with van der Waals surface area (Å²) in [6.45, 7) is -0.596. The van der Waals surface area contributed by atoms with E-state index in [0.29, 0.717) is 14.7 Å². The van der Waals surface area contributed by atoms with Crippen LogP contribution in [0.2, 0.25) is 0 Å². The molecule has 8 nitrogen and oxygen atoms in total. The van der Waals surface area contributed by atoms with Gasteiger partial charge in [0.15, 0.2) is 11.2 Å². The van der Waals surface area contributed by atoms with Gasteiger partial charge in [-0.25, -0.2) is 9.18 Å². The third kappa shape index (κ3) is 4.79. The molecule has 0 spiro atoms. The van der Waals surface area contributed by atoms with Crippen LogP contribution in [-0.2, 0) is 19.6 Å². The standard InChI is InChI=1S/C19H20F4N4O4/c1-2-31-17-24-15-14(26(17)10-12-4-6-13(20)7-5-12)16(29)25(8-3-9-28)18(30)27(15)11-19(21,22)23/h4-7,28H,2-3,8-11H2,1H3. The number of imidazole rings is 1. The second-order valence-electron chi connectivity index (χ2n) is 6.73. The van der Waals surface area contributed by atoms with Crippen molar-refractivity contribution in [3.8, 4) is 6.01 Å². The van der Waals surface area contributed by atoms with E-state index in [2.05, 4.69) is 4.98 Å². The highest BCUT2D eigenvalue weighted by Crippen LogP contribution is 2.23. The van der Waals surface area contributed by atoms with E-state index in [1.54, 1.807) is 6.92 Å². The van der Waals surface area contributed by atoms with E-state index < -0.39 is 35.4 Å². The highest BCUT2D eigenvalue weighted by molar-refractivity contribution is 5.72. The van der Waals surface area contributed by atoms with Crippen molar-refractivity contribution in [2.24, 2.45) is 0 Å². The number of aliphatic hydroxyl groups is 1. The number of aliphatic hydroxyl groups excluding tert-OH is 1. The molecular formula is C19H20F4N4O4. The predicted octanol–water partition coefficient (Wildman–Crippen LogP) is 1.89. The molecule has 1 N–H and O–H groups in total. The van der Waals surface area contributed by atoms with Crippen molar-refractivity contribution in [2.45, 2.75) is 39.2 Å². The van der Waals surface area contributed by atoms with Crippen LogP contribution in [0, 0.1) is 5.82 Å². The average Bonchev–Trinajstić information content (AvgIpc) is 3.05. The van der Waals surface area contributed by atoms with Crippen LogP contribution in [0.15, 0.2) is 33.9 Å². The van der Waals surface area contributed by atoms with E-state index in [4.69, 9.17) is 9.84 Å². The van der Waals surface area contributed by atoms with Crippen LogP contribution in [-0.4, -0.2) is 43.2 Å². The molecule has 1 aromatic carbocycles. The van der Waals surface area contributed by atoms with Crippen molar-refractivity contribution in [2.75, 3.05) is 13.2 Å². The van der Waals surface area contributed by atoms with Crippen LogP contribution in [0.1, 0.15) is 18.9 Å². The fraction of sp³-hybridized carbons (Fsp3) is 0.421. The number of nitrogens with zero attached hydrogens (tertiary/aromatic N) is 4. The molecule has 0 radical (unpaired) electrons. The number of fused-ring (bicyclic) bond motifs is 1. The van der Waals surface area contributed by atoms with Gasteiger partial charge in [0.2, 0.25) is 0 Å².